The molecule has 2 N–H and O–H groups in total. The van der Waals surface area contributed by atoms with E-state index in [1.165, 1.54) is 47.9 Å². The van der Waals surface area contributed by atoms with Crippen molar-refractivity contribution in [2.45, 2.75) is 124 Å². The van der Waals surface area contributed by atoms with Crippen LogP contribution >= 0.6 is 0 Å². The summed E-state index contributed by atoms with van der Waals surface area (Å²) in [7, 11) is 0. The average molecular weight is 457 g/mol. The minimum absolute atomic E-state index is 0.370. The van der Waals surface area contributed by atoms with E-state index >= 15 is 0 Å². The highest BCUT2D eigenvalue weighted by Crippen LogP contribution is 2.50. The number of aryl methyl sites for hydroxylation is 2. The van der Waals surface area contributed by atoms with Gasteiger partial charge in [-0.3, -0.25) is 9.59 Å². The fourth-order valence-corrected chi connectivity index (χ4v) is 5.59. The maximum absolute atomic E-state index is 11.3. The van der Waals surface area contributed by atoms with Gasteiger partial charge in [0.2, 0.25) is 0 Å². The van der Waals surface area contributed by atoms with E-state index in [1.54, 1.807) is 5.56 Å². The molecular formula is C29H44O4. The lowest BCUT2D eigenvalue weighted by Crippen LogP contribution is -2.14. The molecule has 3 rings (SSSR count). The van der Waals surface area contributed by atoms with Crippen molar-refractivity contribution in [3.8, 4) is 0 Å². The highest BCUT2D eigenvalue weighted by atomic mass is 16.4. The van der Waals surface area contributed by atoms with Gasteiger partial charge in [0, 0.05) is 0 Å². The summed E-state index contributed by atoms with van der Waals surface area (Å²) in [6.07, 6.45) is 16.4. The Bertz CT molecular complexity index is 846. The molecule has 2 saturated carbocycles. The molecule has 2 aliphatic rings. The molecule has 0 atom stereocenters. The van der Waals surface area contributed by atoms with Crippen molar-refractivity contribution < 1.29 is 19.8 Å². The monoisotopic (exact) mass is 456 g/mol. The van der Waals surface area contributed by atoms with Crippen molar-refractivity contribution in [1.82, 2.24) is 0 Å². The Morgan fingerprint density at radius 2 is 1.09 bits per heavy atom. The second-order valence-corrected chi connectivity index (χ2v) is 11.1. The average Bonchev–Trinajstić information content (AvgIpc) is 3.67. The zero-order chi connectivity index (χ0) is 24.1. The van der Waals surface area contributed by atoms with Crippen molar-refractivity contribution in [3.05, 3.63) is 33.9 Å². The van der Waals surface area contributed by atoms with Gasteiger partial charge >= 0.3 is 11.9 Å². The fraction of sp³-hybridized carbons (Fsp3) is 0.724. The van der Waals surface area contributed by atoms with Gasteiger partial charge in [-0.25, -0.2) is 0 Å². The Morgan fingerprint density at radius 3 is 1.52 bits per heavy atom. The van der Waals surface area contributed by atoms with Gasteiger partial charge in [0.05, 0.1) is 10.8 Å². The number of unbranched alkanes of at least 4 members (excludes halogenated alkanes) is 6. The van der Waals surface area contributed by atoms with Crippen molar-refractivity contribution in [2.75, 3.05) is 0 Å². The second kappa shape index (κ2) is 11.1. The normalized spacial score (nSPS) is 17.7. The third kappa shape index (κ3) is 6.61. The van der Waals surface area contributed by atoms with Crippen molar-refractivity contribution in [2.24, 2.45) is 10.8 Å². The van der Waals surface area contributed by atoms with Gasteiger partial charge in [-0.15, -0.1) is 0 Å². The molecule has 1 aromatic carbocycles. The van der Waals surface area contributed by atoms with Crippen molar-refractivity contribution in [1.29, 1.82) is 0 Å². The van der Waals surface area contributed by atoms with Gasteiger partial charge in [0.25, 0.3) is 0 Å². The van der Waals surface area contributed by atoms with E-state index in [4.69, 9.17) is 0 Å². The molecule has 33 heavy (non-hydrogen) atoms. The van der Waals surface area contributed by atoms with Gasteiger partial charge in [-0.05, 0) is 113 Å². The summed E-state index contributed by atoms with van der Waals surface area (Å²) in [5, 5.41) is 18.6. The van der Waals surface area contributed by atoms with Crippen LogP contribution in [0.5, 0.6) is 0 Å². The molecule has 4 nitrogen and oxygen atoms in total. The third-order valence-corrected chi connectivity index (χ3v) is 8.60. The number of carbonyl (C=O) groups is 2. The lowest BCUT2D eigenvalue weighted by atomic mass is 9.87. The summed E-state index contributed by atoms with van der Waals surface area (Å²) >= 11 is 0. The molecule has 0 heterocycles. The molecule has 0 bridgehead atoms. The first-order chi connectivity index (χ1) is 15.7. The number of benzene rings is 1. The van der Waals surface area contributed by atoms with Crippen LogP contribution in [0.15, 0.2) is 6.07 Å². The lowest BCUT2D eigenvalue weighted by molar-refractivity contribution is -0.144. The van der Waals surface area contributed by atoms with Crippen LogP contribution < -0.4 is 0 Å². The van der Waals surface area contributed by atoms with E-state index in [0.29, 0.717) is 0 Å². The van der Waals surface area contributed by atoms with Crippen LogP contribution in [-0.4, -0.2) is 22.2 Å². The largest absolute Gasteiger partial charge is 0.481 e. The van der Waals surface area contributed by atoms with Gasteiger partial charge in [0.1, 0.15) is 0 Å². The van der Waals surface area contributed by atoms with Gasteiger partial charge in [-0.1, -0.05) is 44.6 Å². The van der Waals surface area contributed by atoms with Crippen LogP contribution in [0, 0.1) is 31.6 Å². The molecule has 4 heteroatoms. The quantitative estimate of drug-likeness (QED) is 0.255. The maximum atomic E-state index is 11.3. The smallest absolute Gasteiger partial charge is 0.309 e. The molecule has 0 saturated heterocycles. The van der Waals surface area contributed by atoms with Crippen LogP contribution in [0.25, 0.3) is 0 Å². The molecule has 0 aromatic heterocycles. The minimum atomic E-state index is -0.591. The molecule has 0 amide bonds. The minimum Gasteiger partial charge on any atom is -0.481 e. The molecule has 0 radical (unpaired) electrons. The van der Waals surface area contributed by atoms with E-state index in [0.717, 1.165) is 77.0 Å². The standard InChI is InChI=1S/C29H44O4/c1-21-20-22(2)24(12-8-4-6-10-14-28(16-17-28)26(30)31)25(23(21)3)13-9-5-7-11-15-29(18-19-29)27(32)33/h20H,4-19H2,1-3H3,(H,30,31)(H,32,33). The molecule has 2 fully saturated rings. The highest BCUT2D eigenvalue weighted by Gasteiger charge is 2.49. The third-order valence-electron chi connectivity index (χ3n) is 8.60. The SMILES string of the molecule is Cc1cc(C)c(CCCCCCC2(C(=O)O)CC2)c(CCCCCCC2(C(=O)O)CC2)c1C. The van der Waals surface area contributed by atoms with Crippen LogP contribution in [0.1, 0.15) is 118 Å². The van der Waals surface area contributed by atoms with Crippen LogP contribution in [-0.2, 0) is 22.4 Å². The van der Waals surface area contributed by atoms with Crippen LogP contribution in [0.4, 0.5) is 0 Å². The van der Waals surface area contributed by atoms with Crippen molar-refractivity contribution in [3.63, 3.8) is 0 Å². The first-order valence-electron chi connectivity index (χ1n) is 13.3. The Hall–Kier alpha value is -1.84. The molecule has 0 aliphatic heterocycles. The first kappa shape index (κ1) is 25.8. The summed E-state index contributed by atoms with van der Waals surface area (Å²) in [5.41, 5.74) is 6.56. The topological polar surface area (TPSA) is 74.6 Å². The lowest BCUT2D eigenvalue weighted by Gasteiger charge is -2.18. The summed E-state index contributed by atoms with van der Waals surface area (Å²) in [5.74, 6) is -1.18. The van der Waals surface area contributed by atoms with E-state index in [-0.39, 0.29) is 10.8 Å². The molecule has 0 unspecified atom stereocenters. The van der Waals surface area contributed by atoms with E-state index in [1.807, 2.05) is 0 Å². The summed E-state index contributed by atoms with van der Waals surface area (Å²) in [4.78, 5) is 22.6. The van der Waals surface area contributed by atoms with E-state index in [2.05, 4.69) is 26.8 Å². The fourth-order valence-electron chi connectivity index (χ4n) is 5.59. The number of rotatable bonds is 16. The van der Waals surface area contributed by atoms with E-state index in [9.17, 15) is 19.8 Å². The number of carboxylic acid groups (broad SMARTS) is 2. The molecule has 1 aromatic rings. The highest BCUT2D eigenvalue weighted by molar-refractivity contribution is 5.78. The summed E-state index contributed by atoms with van der Waals surface area (Å²) in [6.45, 7) is 6.72. The summed E-state index contributed by atoms with van der Waals surface area (Å²) in [6, 6.07) is 2.33. The van der Waals surface area contributed by atoms with E-state index < -0.39 is 11.9 Å². The van der Waals surface area contributed by atoms with Crippen LogP contribution in [0.2, 0.25) is 0 Å². The molecule has 0 spiro atoms. The number of hydrogen-bond acceptors (Lipinski definition) is 2. The van der Waals surface area contributed by atoms with Crippen molar-refractivity contribution >= 4 is 11.9 Å². The number of hydrogen-bond donors (Lipinski definition) is 2. The zero-order valence-electron chi connectivity index (χ0n) is 21.1. The Kier molecular flexibility index (Phi) is 8.64. The van der Waals surface area contributed by atoms with Gasteiger partial charge in [-0.2, -0.15) is 0 Å². The predicted molar refractivity (Wildman–Crippen MR) is 133 cm³/mol. The number of aliphatic carboxylic acids is 2. The number of carboxylic acids is 2. The Morgan fingerprint density at radius 1 is 0.667 bits per heavy atom. The summed E-state index contributed by atoms with van der Waals surface area (Å²) < 4.78 is 0. The predicted octanol–water partition coefficient (Wildman–Crippen LogP) is 7.33. The molecular weight excluding hydrogens is 412 g/mol. The molecule has 184 valence electrons. The Labute approximate surface area is 200 Å². The van der Waals surface area contributed by atoms with Crippen LogP contribution in [0.3, 0.4) is 0 Å². The maximum Gasteiger partial charge on any atom is 0.309 e. The van der Waals surface area contributed by atoms with Gasteiger partial charge in [0.15, 0.2) is 0 Å². The second-order valence-electron chi connectivity index (χ2n) is 11.1. The Balaban J connectivity index is 1.41. The molecule has 2 aliphatic carbocycles. The zero-order valence-corrected chi connectivity index (χ0v) is 21.1. The first-order valence-corrected chi connectivity index (χ1v) is 13.3. The van der Waals surface area contributed by atoms with Gasteiger partial charge < -0.3 is 10.2 Å².